The first kappa shape index (κ1) is 9.55. The van der Waals surface area contributed by atoms with Gasteiger partial charge in [-0.05, 0) is 13.0 Å². The lowest BCUT2D eigenvalue weighted by molar-refractivity contribution is -0.385. The molecule has 0 unspecified atom stereocenters. The molecule has 15 heavy (non-hydrogen) atoms. The second-order valence-corrected chi connectivity index (χ2v) is 3.94. The molecule has 2 rings (SSSR count). The highest BCUT2D eigenvalue weighted by molar-refractivity contribution is 7.19. The molecule has 0 fully saturated rings. The topological polar surface area (TPSA) is 79.8 Å². The number of thiazole rings is 1. The van der Waals surface area contributed by atoms with Crippen LogP contribution in [0.4, 0.5) is 5.69 Å². The average Bonchev–Trinajstić information content (AvgIpc) is 2.61. The summed E-state index contributed by atoms with van der Waals surface area (Å²) < 4.78 is 0.709. The van der Waals surface area contributed by atoms with E-state index < -0.39 is 4.92 Å². The van der Waals surface area contributed by atoms with Gasteiger partial charge in [0.1, 0.15) is 6.07 Å². The summed E-state index contributed by atoms with van der Waals surface area (Å²) in [5.41, 5.74) is 1.27. The van der Waals surface area contributed by atoms with E-state index in [0.717, 1.165) is 0 Å². The van der Waals surface area contributed by atoms with Crippen LogP contribution in [-0.4, -0.2) is 9.91 Å². The largest absolute Gasteiger partial charge is 0.273 e. The van der Waals surface area contributed by atoms with Gasteiger partial charge >= 0.3 is 0 Å². The molecule has 2 aromatic rings. The molecule has 0 atom stereocenters. The lowest BCUT2D eigenvalue weighted by Gasteiger charge is -1.96. The molecule has 0 aliphatic rings. The number of nitriles is 1. The molecule has 0 saturated carbocycles. The van der Waals surface area contributed by atoms with E-state index in [1.807, 2.05) is 6.07 Å². The maximum Gasteiger partial charge on any atom is 0.273 e. The number of nitro benzene ring substituents is 1. The molecule has 1 heterocycles. The van der Waals surface area contributed by atoms with E-state index in [4.69, 9.17) is 5.26 Å². The number of rotatable bonds is 1. The number of hydrogen-bond acceptors (Lipinski definition) is 5. The molecule has 5 nitrogen and oxygen atoms in total. The monoisotopic (exact) mass is 219 g/mol. The van der Waals surface area contributed by atoms with Crippen LogP contribution in [0.3, 0.4) is 0 Å². The van der Waals surface area contributed by atoms with Crippen LogP contribution in [0, 0.1) is 28.4 Å². The van der Waals surface area contributed by atoms with E-state index in [9.17, 15) is 10.1 Å². The Morgan fingerprint density at radius 1 is 1.60 bits per heavy atom. The second-order valence-electron chi connectivity index (χ2n) is 2.95. The van der Waals surface area contributed by atoms with E-state index >= 15 is 0 Å². The molecule has 0 amide bonds. The number of hydrogen-bond donors (Lipinski definition) is 0. The molecule has 1 aromatic heterocycles. The lowest BCUT2D eigenvalue weighted by atomic mass is 10.2. The van der Waals surface area contributed by atoms with Crippen molar-refractivity contribution in [1.29, 1.82) is 5.26 Å². The number of nitrogens with zero attached hydrogens (tertiary/aromatic N) is 3. The van der Waals surface area contributed by atoms with Crippen molar-refractivity contribution in [2.24, 2.45) is 0 Å². The summed E-state index contributed by atoms with van der Waals surface area (Å²) in [4.78, 5) is 14.3. The molecule has 74 valence electrons. The molecule has 0 saturated heterocycles. The summed E-state index contributed by atoms with van der Waals surface area (Å²) in [6, 6.07) is 4.91. The molecular weight excluding hydrogens is 214 g/mol. The maximum atomic E-state index is 10.7. The molecular formula is C9H5N3O2S. The van der Waals surface area contributed by atoms with Crippen molar-refractivity contribution < 1.29 is 4.92 Å². The molecule has 1 aromatic carbocycles. The van der Waals surface area contributed by atoms with Gasteiger partial charge in [0.25, 0.3) is 5.69 Å². The van der Waals surface area contributed by atoms with Crippen LogP contribution >= 0.6 is 11.3 Å². The third-order valence-corrected chi connectivity index (χ3v) is 3.16. The van der Waals surface area contributed by atoms with Crippen LogP contribution in [0.2, 0.25) is 0 Å². The zero-order valence-corrected chi connectivity index (χ0v) is 8.54. The van der Waals surface area contributed by atoms with Crippen molar-refractivity contribution in [1.82, 2.24) is 4.98 Å². The van der Waals surface area contributed by atoms with Gasteiger partial charge in [-0.1, -0.05) is 0 Å². The van der Waals surface area contributed by atoms with E-state index in [2.05, 4.69) is 4.98 Å². The van der Waals surface area contributed by atoms with Crippen LogP contribution < -0.4 is 0 Å². The summed E-state index contributed by atoms with van der Waals surface area (Å²) in [5.74, 6) is 0. The summed E-state index contributed by atoms with van der Waals surface area (Å²) in [6.45, 7) is 1.67. The highest BCUT2D eigenvalue weighted by atomic mass is 32.1. The Bertz CT molecular complexity index is 597. The summed E-state index contributed by atoms with van der Waals surface area (Å²) in [6.07, 6.45) is 0. The van der Waals surface area contributed by atoms with Crippen molar-refractivity contribution in [3.8, 4) is 6.07 Å². The normalized spacial score (nSPS) is 10.1. The Kier molecular flexibility index (Phi) is 2.10. The van der Waals surface area contributed by atoms with E-state index in [0.29, 0.717) is 20.8 Å². The van der Waals surface area contributed by atoms with Gasteiger partial charge in [-0.15, -0.1) is 11.3 Å². The first-order valence-corrected chi connectivity index (χ1v) is 4.90. The first-order chi connectivity index (χ1) is 7.13. The fourth-order valence-electron chi connectivity index (χ4n) is 1.36. The van der Waals surface area contributed by atoms with Crippen molar-refractivity contribution >= 4 is 27.2 Å². The number of benzene rings is 1. The second kappa shape index (κ2) is 3.29. The van der Waals surface area contributed by atoms with E-state index in [1.54, 1.807) is 13.0 Å². The van der Waals surface area contributed by atoms with Gasteiger partial charge in [-0.3, -0.25) is 10.1 Å². The molecule has 0 N–H and O–H groups in total. The summed E-state index contributed by atoms with van der Waals surface area (Å²) >= 11 is 1.18. The Labute approximate surface area is 88.7 Å². The molecule has 0 aliphatic heterocycles. The fourth-order valence-corrected chi connectivity index (χ4v) is 2.22. The first-order valence-electron chi connectivity index (χ1n) is 4.08. The average molecular weight is 219 g/mol. The number of fused-ring (bicyclic) bond motifs is 1. The van der Waals surface area contributed by atoms with Crippen LogP contribution in [0.1, 0.15) is 10.6 Å². The molecule has 0 radical (unpaired) electrons. The maximum absolute atomic E-state index is 10.7. The smallest absolute Gasteiger partial charge is 0.258 e. The number of nitro groups is 1. The number of aromatic nitrogens is 1. The van der Waals surface area contributed by atoms with Gasteiger partial charge in [-0.2, -0.15) is 5.26 Å². The van der Waals surface area contributed by atoms with E-state index in [-0.39, 0.29) is 5.69 Å². The third kappa shape index (κ3) is 1.43. The van der Waals surface area contributed by atoms with Gasteiger partial charge < -0.3 is 0 Å². The molecule has 0 spiro atoms. The predicted octanol–water partition coefficient (Wildman–Crippen LogP) is 2.38. The standard InChI is InChI=1S/C9H5N3O2S/c1-5-7(12(13)14)3-2-6-9(5)15-8(4-10)11-6/h2-3H,1H3. The van der Waals surface area contributed by atoms with Crippen LogP contribution in [-0.2, 0) is 0 Å². The van der Waals surface area contributed by atoms with Gasteiger partial charge in [-0.25, -0.2) is 4.98 Å². The third-order valence-electron chi connectivity index (χ3n) is 2.07. The lowest BCUT2D eigenvalue weighted by Crippen LogP contribution is -1.90. The Hall–Kier alpha value is -2.00. The minimum absolute atomic E-state index is 0.0654. The Balaban J connectivity index is 2.79. The molecule has 0 bridgehead atoms. The van der Waals surface area contributed by atoms with Crippen molar-refractivity contribution in [3.63, 3.8) is 0 Å². The zero-order chi connectivity index (χ0) is 11.0. The highest BCUT2D eigenvalue weighted by Crippen LogP contribution is 2.30. The van der Waals surface area contributed by atoms with Gasteiger partial charge in [0.2, 0.25) is 0 Å². The highest BCUT2D eigenvalue weighted by Gasteiger charge is 2.15. The fraction of sp³-hybridized carbons (Fsp3) is 0.111. The van der Waals surface area contributed by atoms with Crippen LogP contribution in [0.15, 0.2) is 12.1 Å². The van der Waals surface area contributed by atoms with Crippen LogP contribution in [0.5, 0.6) is 0 Å². The zero-order valence-electron chi connectivity index (χ0n) is 7.72. The van der Waals surface area contributed by atoms with Gasteiger partial charge in [0.05, 0.1) is 15.1 Å². The van der Waals surface area contributed by atoms with Gasteiger partial charge in [0, 0.05) is 11.6 Å². The predicted molar refractivity (Wildman–Crippen MR) is 55.7 cm³/mol. The summed E-state index contributed by atoms with van der Waals surface area (Å²) in [7, 11) is 0. The van der Waals surface area contributed by atoms with Crippen molar-refractivity contribution in [2.45, 2.75) is 6.92 Å². The van der Waals surface area contributed by atoms with Gasteiger partial charge in [0.15, 0.2) is 5.01 Å². The number of aryl methyl sites for hydroxylation is 1. The minimum Gasteiger partial charge on any atom is -0.258 e. The SMILES string of the molecule is Cc1c([N+](=O)[O-])ccc2nc(C#N)sc12. The van der Waals surface area contributed by atoms with E-state index in [1.165, 1.54) is 17.4 Å². The summed E-state index contributed by atoms with van der Waals surface area (Å²) in [5, 5.41) is 19.7. The molecule has 0 aliphatic carbocycles. The Morgan fingerprint density at radius 2 is 2.33 bits per heavy atom. The quantitative estimate of drug-likeness (QED) is 0.544. The van der Waals surface area contributed by atoms with Crippen molar-refractivity contribution in [2.75, 3.05) is 0 Å². The van der Waals surface area contributed by atoms with Crippen molar-refractivity contribution in [3.05, 3.63) is 32.8 Å². The molecule has 6 heteroatoms. The Morgan fingerprint density at radius 3 is 2.93 bits per heavy atom. The minimum atomic E-state index is -0.430. The van der Waals surface area contributed by atoms with Crippen LogP contribution in [0.25, 0.3) is 10.2 Å².